The van der Waals surface area contributed by atoms with E-state index in [0.717, 1.165) is 22.3 Å². The standard InChI is InChI=1S/C13H17N3O2/c1-8-12(16(2)13(18)11(17)7-14)9-5-3-4-6-10(9)15-8/h3-6,11,15,17H,7,14H2,1-2H3. The molecule has 4 N–H and O–H groups in total. The molecule has 0 radical (unpaired) electrons. The fourth-order valence-corrected chi connectivity index (χ4v) is 2.13. The Morgan fingerprint density at radius 2 is 2.17 bits per heavy atom. The summed E-state index contributed by atoms with van der Waals surface area (Å²) < 4.78 is 0. The van der Waals surface area contributed by atoms with E-state index in [9.17, 15) is 9.90 Å². The van der Waals surface area contributed by atoms with Crippen LogP contribution < -0.4 is 10.6 Å². The topological polar surface area (TPSA) is 82.3 Å². The number of likely N-dealkylation sites (N-methyl/N-ethyl adjacent to an activating group) is 1. The van der Waals surface area contributed by atoms with Crippen molar-refractivity contribution in [3.63, 3.8) is 0 Å². The lowest BCUT2D eigenvalue weighted by Gasteiger charge is -2.20. The van der Waals surface area contributed by atoms with Gasteiger partial charge in [-0.25, -0.2) is 0 Å². The van der Waals surface area contributed by atoms with Crippen molar-refractivity contribution in [2.45, 2.75) is 13.0 Å². The van der Waals surface area contributed by atoms with Gasteiger partial charge in [-0.05, 0) is 13.0 Å². The van der Waals surface area contributed by atoms with Crippen molar-refractivity contribution < 1.29 is 9.90 Å². The number of hydrogen-bond acceptors (Lipinski definition) is 3. The van der Waals surface area contributed by atoms with E-state index in [4.69, 9.17) is 5.73 Å². The Morgan fingerprint density at radius 1 is 1.50 bits per heavy atom. The van der Waals surface area contributed by atoms with Crippen molar-refractivity contribution in [3.05, 3.63) is 30.0 Å². The van der Waals surface area contributed by atoms with Gasteiger partial charge in [-0.3, -0.25) is 4.79 Å². The summed E-state index contributed by atoms with van der Waals surface area (Å²) in [7, 11) is 1.64. The molecule has 2 aromatic rings. The predicted molar refractivity (Wildman–Crippen MR) is 71.5 cm³/mol. The van der Waals surface area contributed by atoms with Gasteiger partial charge in [0.15, 0.2) is 0 Å². The zero-order valence-corrected chi connectivity index (χ0v) is 10.5. The zero-order valence-electron chi connectivity index (χ0n) is 10.5. The summed E-state index contributed by atoms with van der Waals surface area (Å²) in [4.78, 5) is 16.6. The number of aromatic amines is 1. The van der Waals surface area contributed by atoms with Gasteiger partial charge in [0.05, 0.1) is 5.69 Å². The number of aliphatic hydroxyl groups excluding tert-OH is 1. The van der Waals surface area contributed by atoms with Gasteiger partial charge in [0.25, 0.3) is 5.91 Å². The third-order valence-electron chi connectivity index (χ3n) is 3.03. The molecule has 0 spiro atoms. The van der Waals surface area contributed by atoms with Gasteiger partial charge in [0.2, 0.25) is 0 Å². The minimum absolute atomic E-state index is 0.0788. The maximum Gasteiger partial charge on any atom is 0.256 e. The molecule has 1 aromatic carbocycles. The van der Waals surface area contributed by atoms with Crippen molar-refractivity contribution in [2.75, 3.05) is 18.5 Å². The molecule has 5 nitrogen and oxygen atoms in total. The smallest absolute Gasteiger partial charge is 0.256 e. The number of aromatic nitrogens is 1. The summed E-state index contributed by atoms with van der Waals surface area (Å²) in [6, 6.07) is 7.73. The Kier molecular flexibility index (Phi) is 3.36. The molecule has 1 amide bonds. The molecule has 0 saturated heterocycles. The first kappa shape index (κ1) is 12.6. The molecule has 2 rings (SSSR count). The van der Waals surface area contributed by atoms with E-state index in [2.05, 4.69) is 4.98 Å². The number of anilines is 1. The van der Waals surface area contributed by atoms with Crippen LogP contribution in [0.2, 0.25) is 0 Å². The van der Waals surface area contributed by atoms with Crippen LogP contribution in [-0.4, -0.2) is 35.7 Å². The number of aliphatic hydroxyl groups is 1. The maximum absolute atomic E-state index is 12.0. The number of amides is 1. The van der Waals surface area contributed by atoms with Crippen LogP contribution in [0, 0.1) is 6.92 Å². The summed E-state index contributed by atoms with van der Waals surface area (Å²) in [5, 5.41) is 10.5. The number of para-hydroxylation sites is 1. The molecular formula is C13H17N3O2. The molecule has 1 atom stereocenters. The molecule has 1 heterocycles. The molecule has 1 unspecified atom stereocenters. The number of nitrogens with zero attached hydrogens (tertiary/aromatic N) is 1. The Morgan fingerprint density at radius 3 is 2.83 bits per heavy atom. The van der Waals surface area contributed by atoms with E-state index in [1.54, 1.807) is 7.05 Å². The Balaban J connectivity index is 2.47. The number of H-pyrrole nitrogens is 1. The SMILES string of the molecule is Cc1[nH]c2ccccc2c1N(C)C(=O)C(O)CN. The molecule has 0 saturated carbocycles. The second-order valence-electron chi connectivity index (χ2n) is 4.29. The number of nitrogens with two attached hydrogens (primary N) is 1. The highest BCUT2D eigenvalue weighted by atomic mass is 16.3. The fraction of sp³-hybridized carbons (Fsp3) is 0.308. The number of benzene rings is 1. The first-order valence-electron chi connectivity index (χ1n) is 5.79. The first-order valence-corrected chi connectivity index (χ1v) is 5.79. The molecule has 0 aliphatic rings. The molecule has 96 valence electrons. The van der Waals surface area contributed by atoms with Crippen LogP contribution in [0.5, 0.6) is 0 Å². The number of hydrogen-bond donors (Lipinski definition) is 3. The number of fused-ring (bicyclic) bond motifs is 1. The molecule has 18 heavy (non-hydrogen) atoms. The van der Waals surface area contributed by atoms with Gasteiger partial charge >= 0.3 is 0 Å². The Labute approximate surface area is 105 Å². The van der Waals surface area contributed by atoms with Gasteiger partial charge in [0.1, 0.15) is 6.10 Å². The predicted octanol–water partition coefficient (Wildman–Crippen LogP) is 0.759. The first-order chi connectivity index (χ1) is 8.56. The number of carbonyl (C=O) groups excluding carboxylic acids is 1. The molecule has 0 fully saturated rings. The van der Waals surface area contributed by atoms with E-state index in [0.29, 0.717) is 0 Å². The van der Waals surface area contributed by atoms with Crippen molar-refractivity contribution in [2.24, 2.45) is 5.73 Å². The van der Waals surface area contributed by atoms with E-state index in [1.165, 1.54) is 4.90 Å². The van der Waals surface area contributed by atoms with E-state index >= 15 is 0 Å². The lowest BCUT2D eigenvalue weighted by molar-refractivity contribution is -0.125. The van der Waals surface area contributed by atoms with Gasteiger partial charge < -0.3 is 20.7 Å². The molecule has 0 aliphatic heterocycles. The highest BCUT2D eigenvalue weighted by Gasteiger charge is 2.22. The van der Waals surface area contributed by atoms with Gasteiger partial charge in [-0.2, -0.15) is 0 Å². The second kappa shape index (κ2) is 4.80. The van der Waals surface area contributed by atoms with Crippen LogP contribution in [0.25, 0.3) is 10.9 Å². The quantitative estimate of drug-likeness (QED) is 0.748. The fourth-order valence-electron chi connectivity index (χ4n) is 2.13. The van der Waals surface area contributed by atoms with Gasteiger partial charge in [-0.1, -0.05) is 18.2 Å². The molecule has 5 heteroatoms. The van der Waals surface area contributed by atoms with Crippen LogP contribution in [0.3, 0.4) is 0 Å². The van der Waals surface area contributed by atoms with Crippen LogP contribution in [0.1, 0.15) is 5.69 Å². The lowest BCUT2D eigenvalue weighted by atomic mass is 10.2. The van der Waals surface area contributed by atoms with Gasteiger partial charge in [-0.15, -0.1) is 0 Å². The molecular weight excluding hydrogens is 230 g/mol. The average Bonchev–Trinajstić information content (AvgIpc) is 2.71. The Bertz CT molecular complexity index is 577. The molecule has 1 aromatic heterocycles. The average molecular weight is 247 g/mol. The summed E-state index contributed by atoms with van der Waals surface area (Å²) in [6.07, 6.45) is -1.16. The number of carbonyl (C=O) groups is 1. The largest absolute Gasteiger partial charge is 0.382 e. The minimum atomic E-state index is -1.16. The van der Waals surface area contributed by atoms with Crippen LogP contribution in [-0.2, 0) is 4.79 Å². The summed E-state index contributed by atoms with van der Waals surface area (Å²) >= 11 is 0. The number of nitrogens with one attached hydrogen (secondary N) is 1. The second-order valence-corrected chi connectivity index (χ2v) is 4.29. The van der Waals surface area contributed by atoms with Gasteiger partial charge in [0, 0.05) is 30.2 Å². The molecule has 0 bridgehead atoms. The van der Waals surface area contributed by atoms with Crippen LogP contribution >= 0.6 is 0 Å². The van der Waals surface area contributed by atoms with Crippen LogP contribution in [0.15, 0.2) is 24.3 Å². The summed E-state index contributed by atoms with van der Waals surface area (Å²) in [5.41, 5.74) is 7.94. The lowest BCUT2D eigenvalue weighted by Crippen LogP contribution is -2.40. The van der Waals surface area contributed by atoms with Crippen molar-refractivity contribution >= 4 is 22.5 Å². The number of rotatable bonds is 3. The highest BCUT2D eigenvalue weighted by molar-refractivity contribution is 6.05. The highest BCUT2D eigenvalue weighted by Crippen LogP contribution is 2.30. The van der Waals surface area contributed by atoms with Crippen molar-refractivity contribution in [3.8, 4) is 0 Å². The van der Waals surface area contributed by atoms with Crippen molar-refractivity contribution in [1.82, 2.24) is 4.98 Å². The summed E-state index contributed by atoms with van der Waals surface area (Å²) in [6.45, 7) is 1.82. The van der Waals surface area contributed by atoms with E-state index in [1.807, 2.05) is 31.2 Å². The molecule has 0 aliphatic carbocycles. The number of aryl methyl sites for hydroxylation is 1. The normalized spacial score (nSPS) is 12.7. The monoisotopic (exact) mass is 247 g/mol. The van der Waals surface area contributed by atoms with E-state index in [-0.39, 0.29) is 6.54 Å². The van der Waals surface area contributed by atoms with Crippen LogP contribution in [0.4, 0.5) is 5.69 Å². The summed E-state index contributed by atoms with van der Waals surface area (Å²) in [5.74, 6) is -0.398. The van der Waals surface area contributed by atoms with Crippen molar-refractivity contribution in [1.29, 1.82) is 0 Å². The third-order valence-corrected chi connectivity index (χ3v) is 3.03. The maximum atomic E-state index is 12.0. The van der Waals surface area contributed by atoms with E-state index < -0.39 is 12.0 Å². The Hall–Kier alpha value is -1.85. The zero-order chi connectivity index (χ0) is 13.3. The third kappa shape index (κ3) is 1.98. The minimum Gasteiger partial charge on any atom is -0.382 e.